The molecule has 0 saturated heterocycles. The molecule has 0 bridgehead atoms. The lowest BCUT2D eigenvalue weighted by molar-refractivity contribution is 0.348. The quantitative estimate of drug-likeness (QED) is 0.845. The maximum absolute atomic E-state index is 9.05. The first kappa shape index (κ1) is 13.4. The molecule has 0 aliphatic carbocycles. The van der Waals surface area contributed by atoms with Crippen LogP contribution >= 0.6 is 0 Å². The van der Waals surface area contributed by atoms with E-state index in [0.717, 1.165) is 0 Å². The van der Waals surface area contributed by atoms with E-state index in [1.807, 2.05) is 6.07 Å². The van der Waals surface area contributed by atoms with Crippen molar-refractivity contribution in [2.45, 2.75) is 0 Å². The highest BCUT2D eigenvalue weighted by Crippen LogP contribution is 2.27. The highest BCUT2D eigenvalue weighted by Gasteiger charge is 2.10. The fourth-order valence-corrected chi connectivity index (χ4v) is 1.46. The summed E-state index contributed by atoms with van der Waals surface area (Å²) in [6.45, 7) is 0. The van der Waals surface area contributed by atoms with E-state index in [9.17, 15) is 0 Å². The molecule has 1 aromatic carbocycles. The van der Waals surface area contributed by atoms with Crippen LogP contribution in [0.25, 0.3) is 0 Å². The molecule has 0 amide bonds. The van der Waals surface area contributed by atoms with Crippen molar-refractivity contribution in [3.05, 3.63) is 29.8 Å². The van der Waals surface area contributed by atoms with Gasteiger partial charge in [-0.15, -0.1) is 0 Å². The van der Waals surface area contributed by atoms with Gasteiger partial charge in [0.25, 0.3) is 0 Å². The number of nitrogens with zero attached hydrogens (tertiary/aromatic N) is 3. The second kappa shape index (κ2) is 5.75. The maximum atomic E-state index is 9.05. The predicted octanol–water partition coefficient (Wildman–Crippen LogP) is 1.74. The Morgan fingerprint density at radius 1 is 1.10 bits per heavy atom. The monoisotopic (exact) mass is 272 g/mol. The number of nitrogens with two attached hydrogens (primary N) is 1. The van der Waals surface area contributed by atoms with Crippen LogP contribution in [0.15, 0.2) is 24.3 Å². The minimum Gasteiger partial charge on any atom is -0.481 e. The molecular weight excluding hydrogens is 260 g/mol. The molecule has 2 aromatic rings. The summed E-state index contributed by atoms with van der Waals surface area (Å²) in [6, 6.07) is 8.22. The topological polar surface area (TPSA) is 103 Å². The first-order valence-corrected chi connectivity index (χ1v) is 5.61. The lowest BCUT2D eigenvalue weighted by atomic mass is 10.2. The van der Waals surface area contributed by atoms with E-state index in [1.54, 1.807) is 12.1 Å². The second-order valence-corrected chi connectivity index (χ2v) is 3.70. The fraction of sp³-hybridized carbons (Fsp3) is 0.154. The zero-order valence-corrected chi connectivity index (χ0v) is 11.0. The Labute approximate surface area is 115 Å². The summed E-state index contributed by atoms with van der Waals surface area (Å²) >= 11 is 0. The fourth-order valence-electron chi connectivity index (χ4n) is 1.46. The van der Waals surface area contributed by atoms with Crippen LogP contribution in [0, 0.1) is 11.3 Å². The summed E-state index contributed by atoms with van der Waals surface area (Å²) in [5.74, 6) is 0.888. The number of aromatic nitrogens is 2. The number of hydrogen-bond donors (Lipinski definition) is 1. The first-order chi connectivity index (χ1) is 9.66. The number of rotatable bonds is 4. The minimum absolute atomic E-state index is 0.0162. The molecule has 7 heteroatoms. The van der Waals surface area contributed by atoms with E-state index in [2.05, 4.69) is 9.97 Å². The van der Waals surface area contributed by atoms with Crippen LogP contribution in [0.5, 0.6) is 23.5 Å². The molecule has 0 saturated carbocycles. The van der Waals surface area contributed by atoms with Crippen molar-refractivity contribution < 1.29 is 14.2 Å². The van der Waals surface area contributed by atoms with E-state index in [0.29, 0.717) is 23.2 Å². The number of nitriles is 1. The van der Waals surface area contributed by atoms with Crippen LogP contribution in [0.2, 0.25) is 0 Å². The number of anilines is 1. The van der Waals surface area contributed by atoms with Gasteiger partial charge in [-0.3, -0.25) is 0 Å². The minimum atomic E-state index is 0.0162. The van der Waals surface area contributed by atoms with E-state index in [1.165, 1.54) is 26.4 Å². The van der Waals surface area contributed by atoms with Crippen LogP contribution in [0.3, 0.4) is 0 Å². The summed E-state index contributed by atoms with van der Waals surface area (Å²) in [5.41, 5.74) is 6.37. The van der Waals surface area contributed by atoms with Crippen LogP contribution in [-0.4, -0.2) is 24.2 Å². The summed E-state index contributed by atoms with van der Waals surface area (Å²) in [4.78, 5) is 8.03. The predicted molar refractivity (Wildman–Crippen MR) is 70.8 cm³/mol. The molecule has 0 aliphatic heterocycles. The van der Waals surface area contributed by atoms with Gasteiger partial charge in [0.05, 0.1) is 25.8 Å². The molecule has 2 rings (SSSR count). The van der Waals surface area contributed by atoms with Gasteiger partial charge in [-0.1, -0.05) is 0 Å². The normalized spacial score (nSPS) is 9.65. The summed E-state index contributed by atoms with van der Waals surface area (Å²) < 4.78 is 15.5. The average molecular weight is 272 g/mol. The Morgan fingerprint density at radius 3 is 2.30 bits per heavy atom. The number of nitrogen functional groups attached to an aromatic ring is 1. The molecule has 1 aromatic heterocycles. The molecule has 20 heavy (non-hydrogen) atoms. The Bertz CT molecular complexity index is 645. The maximum Gasteiger partial charge on any atom is 0.328 e. The zero-order chi connectivity index (χ0) is 14.5. The van der Waals surface area contributed by atoms with Crippen LogP contribution < -0.4 is 19.9 Å². The van der Waals surface area contributed by atoms with Crippen molar-refractivity contribution in [2.24, 2.45) is 0 Å². The largest absolute Gasteiger partial charge is 0.481 e. The van der Waals surface area contributed by atoms with Gasteiger partial charge in [0.15, 0.2) is 0 Å². The third-order valence-electron chi connectivity index (χ3n) is 2.40. The van der Waals surface area contributed by atoms with Gasteiger partial charge in [0, 0.05) is 5.69 Å². The number of hydrogen-bond acceptors (Lipinski definition) is 7. The Kier molecular flexibility index (Phi) is 3.86. The Morgan fingerprint density at radius 2 is 1.75 bits per heavy atom. The molecule has 2 N–H and O–H groups in total. The summed E-state index contributed by atoms with van der Waals surface area (Å²) in [5, 5.41) is 9.05. The molecule has 0 aliphatic rings. The van der Waals surface area contributed by atoms with E-state index < -0.39 is 0 Å². The first-order valence-electron chi connectivity index (χ1n) is 5.61. The molecule has 0 unspecified atom stereocenters. The van der Waals surface area contributed by atoms with Crippen molar-refractivity contribution in [3.8, 4) is 29.6 Å². The van der Waals surface area contributed by atoms with Gasteiger partial charge in [0.1, 0.15) is 11.8 Å². The van der Waals surface area contributed by atoms with Crippen molar-refractivity contribution in [1.29, 1.82) is 5.26 Å². The Hall–Kier alpha value is -3.01. The molecule has 0 radical (unpaired) electrons. The third-order valence-corrected chi connectivity index (χ3v) is 2.40. The molecule has 0 fully saturated rings. The van der Waals surface area contributed by atoms with Crippen LogP contribution in [0.4, 0.5) is 5.69 Å². The van der Waals surface area contributed by atoms with Crippen molar-refractivity contribution in [2.75, 3.05) is 20.0 Å². The Balaban J connectivity index is 2.37. The zero-order valence-electron chi connectivity index (χ0n) is 11.0. The molecule has 1 heterocycles. The smallest absolute Gasteiger partial charge is 0.328 e. The van der Waals surface area contributed by atoms with Crippen molar-refractivity contribution in [1.82, 2.24) is 9.97 Å². The van der Waals surface area contributed by atoms with Crippen molar-refractivity contribution in [3.63, 3.8) is 0 Å². The van der Waals surface area contributed by atoms with Gasteiger partial charge in [-0.25, -0.2) is 0 Å². The highest BCUT2D eigenvalue weighted by molar-refractivity contribution is 5.53. The van der Waals surface area contributed by atoms with Gasteiger partial charge in [0.2, 0.25) is 11.8 Å². The van der Waals surface area contributed by atoms with Crippen LogP contribution in [0.1, 0.15) is 5.56 Å². The molecule has 0 atom stereocenters. The standard InChI is InChI=1S/C13H12N4O3/c1-18-11-6-12(19-2)17-13(16-11)20-10-4-3-9(15)5-8(10)7-14/h3-6H,15H2,1-2H3. The molecule has 102 valence electrons. The van der Waals surface area contributed by atoms with Gasteiger partial charge in [-0.2, -0.15) is 15.2 Å². The van der Waals surface area contributed by atoms with Gasteiger partial charge < -0.3 is 19.9 Å². The van der Waals surface area contributed by atoms with E-state index >= 15 is 0 Å². The number of methoxy groups -OCH3 is 2. The van der Waals surface area contributed by atoms with Gasteiger partial charge in [-0.05, 0) is 18.2 Å². The summed E-state index contributed by atoms with van der Waals surface area (Å²) in [7, 11) is 2.94. The van der Waals surface area contributed by atoms with Gasteiger partial charge >= 0.3 is 6.01 Å². The van der Waals surface area contributed by atoms with E-state index in [4.69, 9.17) is 25.2 Å². The third kappa shape index (κ3) is 2.87. The molecule has 0 spiro atoms. The number of ether oxygens (including phenoxy) is 3. The second-order valence-electron chi connectivity index (χ2n) is 3.70. The molecule has 7 nitrogen and oxygen atoms in total. The van der Waals surface area contributed by atoms with Crippen LogP contribution in [-0.2, 0) is 0 Å². The lowest BCUT2D eigenvalue weighted by Crippen LogP contribution is -1.99. The average Bonchev–Trinajstić information content (AvgIpc) is 2.48. The van der Waals surface area contributed by atoms with Crippen molar-refractivity contribution >= 4 is 5.69 Å². The number of benzene rings is 1. The summed E-state index contributed by atoms with van der Waals surface area (Å²) in [6.07, 6.45) is 0. The SMILES string of the molecule is COc1cc(OC)nc(Oc2ccc(N)cc2C#N)n1. The molecular formula is C13H12N4O3. The van der Waals surface area contributed by atoms with E-state index in [-0.39, 0.29) is 11.6 Å². The highest BCUT2D eigenvalue weighted by atomic mass is 16.5. The lowest BCUT2D eigenvalue weighted by Gasteiger charge is -2.08.